The number of halogens is 1. The van der Waals surface area contributed by atoms with Crippen LogP contribution in [-0.2, 0) is 22.4 Å². The van der Waals surface area contributed by atoms with Gasteiger partial charge in [0.05, 0.1) is 24.0 Å². The lowest BCUT2D eigenvalue weighted by molar-refractivity contribution is -0.127. The molecule has 0 bridgehead atoms. The molecule has 1 aromatic heterocycles. The van der Waals surface area contributed by atoms with Gasteiger partial charge in [0.15, 0.2) is 11.9 Å². The first-order valence-corrected chi connectivity index (χ1v) is 8.04. The molecule has 4 rings (SSSR count). The van der Waals surface area contributed by atoms with Crippen LogP contribution in [0.3, 0.4) is 0 Å². The van der Waals surface area contributed by atoms with Gasteiger partial charge in [-0.2, -0.15) is 0 Å². The molecule has 2 heterocycles. The number of anilines is 1. The van der Waals surface area contributed by atoms with Gasteiger partial charge in [-0.25, -0.2) is 9.18 Å². The van der Waals surface area contributed by atoms with E-state index in [1.165, 1.54) is 18.0 Å². The lowest BCUT2D eigenvalue weighted by Crippen LogP contribution is -2.35. The lowest BCUT2D eigenvalue weighted by atomic mass is 10.0. The van der Waals surface area contributed by atoms with Crippen molar-refractivity contribution < 1.29 is 23.2 Å². The second kappa shape index (κ2) is 5.87. The van der Waals surface area contributed by atoms with Gasteiger partial charge in [-0.05, 0) is 37.0 Å². The summed E-state index contributed by atoms with van der Waals surface area (Å²) in [5.41, 5.74) is 2.40. The van der Waals surface area contributed by atoms with E-state index in [0.29, 0.717) is 23.4 Å². The first-order chi connectivity index (χ1) is 12.1. The molecule has 1 fully saturated rings. The van der Waals surface area contributed by atoms with Gasteiger partial charge < -0.3 is 14.6 Å². The zero-order valence-electron chi connectivity index (χ0n) is 13.5. The van der Waals surface area contributed by atoms with Gasteiger partial charge in [0.2, 0.25) is 0 Å². The van der Waals surface area contributed by atoms with E-state index < -0.39 is 23.9 Å². The van der Waals surface area contributed by atoms with E-state index in [0.717, 1.165) is 24.0 Å². The van der Waals surface area contributed by atoms with Crippen LogP contribution in [0, 0.1) is 5.82 Å². The first-order valence-electron chi connectivity index (χ1n) is 8.04. The number of nitrogens with one attached hydrogen (secondary N) is 1. The van der Waals surface area contributed by atoms with Crippen LogP contribution in [0.15, 0.2) is 22.9 Å². The summed E-state index contributed by atoms with van der Waals surface area (Å²) in [4.78, 5) is 25.0. The minimum absolute atomic E-state index is 0.0459. The Morgan fingerprint density at radius 1 is 1.36 bits per heavy atom. The highest BCUT2D eigenvalue weighted by molar-refractivity contribution is 5.96. The van der Waals surface area contributed by atoms with Crippen molar-refractivity contribution in [2.75, 3.05) is 18.5 Å². The largest absolute Gasteiger partial charge is 0.434 e. The molecular weight excluding hydrogens is 329 g/mol. The second-order valence-corrected chi connectivity index (χ2v) is 6.09. The predicted octanol–water partition coefficient (Wildman–Crippen LogP) is 2.04. The SMILES string of the molecule is CNC(=O)[C@H]1CN(c2cc(F)c3c(c2)CCCc2cnoc2-3)C(=O)O1. The Kier molecular flexibility index (Phi) is 3.67. The monoisotopic (exact) mass is 345 g/mol. The predicted molar refractivity (Wildman–Crippen MR) is 85.6 cm³/mol. The van der Waals surface area contributed by atoms with Gasteiger partial charge in [0.1, 0.15) is 5.82 Å². The maximum Gasteiger partial charge on any atom is 0.415 e. The maximum atomic E-state index is 14.8. The molecular formula is C17H16FN3O4. The molecule has 0 saturated carbocycles. The van der Waals surface area contributed by atoms with Crippen molar-refractivity contribution in [1.29, 1.82) is 0 Å². The number of carbonyl (C=O) groups excluding carboxylic acids is 2. The van der Waals surface area contributed by atoms with Gasteiger partial charge in [-0.1, -0.05) is 5.16 Å². The van der Waals surface area contributed by atoms with E-state index in [1.807, 2.05) is 0 Å². The minimum Gasteiger partial charge on any atom is -0.434 e. The van der Waals surface area contributed by atoms with Crippen LogP contribution in [0.25, 0.3) is 11.3 Å². The molecule has 1 aromatic carbocycles. The number of likely N-dealkylation sites (N-methyl/N-ethyl adjacent to an activating group) is 1. The van der Waals surface area contributed by atoms with Crippen molar-refractivity contribution in [3.05, 3.63) is 35.3 Å². The molecule has 1 aliphatic carbocycles. The van der Waals surface area contributed by atoms with Crippen molar-refractivity contribution in [1.82, 2.24) is 10.5 Å². The number of fused-ring (bicyclic) bond motifs is 3. The Hall–Kier alpha value is -2.90. The van der Waals surface area contributed by atoms with Crippen LogP contribution < -0.4 is 10.2 Å². The quantitative estimate of drug-likeness (QED) is 0.900. The minimum atomic E-state index is -0.903. The summed E-state index contributed by atoms with van der Waals surface area (Å²) >= 11 is 0. The number of hydrogen-bond acceptors (Lipinski definition) is 5. The number of benzene rings is 1. The molecule has 0 spiro atoms. The molecule has 25 heavy (non-hydrogen) atoms. The van der Waals surface area contributed by atoms with Gasteiger partial charge in [-0.3, -0.25) is 9.69 Å². The topological polar surface area (TPSA) is 84.7 Å². The molecule has 0 radical (unpaired) electrons. The number of hydrogen-bond donors (Lipinski definition) is 1. The van der Waals surface area contributed by atoms with Crippen LogP contribution >= 0.6 is 0 Å². The molecule has 1 aliphatic heterocycles. The van der Waals surface area contributed by atoms with Gasteiger partial charge in [0, 0.05) is 12.6 Å². The summed E-state index contributed by atoms with van der Waals surface area (Å²) < 4.78 is 25.1. The van der Waals surface area contributed by atoms with Gasteiger partial charge in [0.25, 0.3) is 5.91 Å². The Morgan fingerprint density at radius 3 is 2.96 bits per heavy atom. The molecule has 1 atom stereocenters. The Labute approximate surface area is 142 Å². The average Bonchev–Trinajstić information content (AvgIpc) is 3.16. The van der Waals surface area contributed by atoms with Gasteiger partial charge >= 0.3 is 6.09 Å². The van der Waals surface area contributed by atoms with Crippen molar-refractivity contribution in [3.63, 3.8) is 0 Å². The maximum absolute atomic E-state index is 14.8. The van der Waals surface area contributed by atoms with Crippen LogP contribution in [0.4, 0.5) is 14.9 Å². The zero-order chi connectivity index (χ0) is 17.6. The molecule has 2 aromatic rings. The molecule has 8 heteroatoms. The standard InChI is InChI=1S/C17H16FN3O4/c1-19-16(22)13-8-21(17(23)24-13)11-5-9-3-2-4-10-7-20-25-15(10)14(9)12(18)6-11/h5-7,13H,2-4,8H2,1H3,(H,19,22)/t13-/m1/s1. The van der Waals surface area contributed by atoms with E-state index >= 15 is 0 Å². The summed E-state index contributed by atoms with van der Waals surface area (Å²) in [6, 6.07) is 3.02. The molecule has 0 unspecified atom stereocenters. The summed E-state index contributed by atoms with van der Waals surface area (Å²) in [6.07, 6.45) is 2.29. The van der Waals surface area contributed by atoms with Crippen LogP contribution in [-0.4, -0.2) is 36.9 Å². The van der Waals surface area contributed by atoms with Crippen molar-refractivity contribution in [2.45, 2.75) is 25.4 Å². The summed E-state index contributed by atoms with van der Waals surface area (Å²) in [5, 5.41) is 6.21. The number of aryl methyl sites for hydroxylation is 2. The molecule has 130 valence electrons. The second-order valence-electron chi connectivity index (χ2n) is 6.09. The fourth-order valence-corrected chi connectivity index (χ4v) is 3.34. The number of aromatic nitrogens is 1. The number of nitrogens with zero attached hydrogens (tertiary/aromatic N) is 2. The average molecular weight is 345 g/mol. The summed E-state index contributed by atoms with van der Waals surface area (Å²) in [7, 11) is 1.47. The third-order valence-electron chi connectivity index (χ3n) is 4.58. The number of rotatable bonds is 2. The van der Waals surface area contributed by atoms with E-state index in [2.05, 4.69) is 10.5 Å². The smallest absolute Gasteiger partial charge is 0.415 e. The Morgan fingerprint density at radius 2 is 2.16 bits per heavy atom. The molecule has 1 N–H and O–H groups in total. The van der Waals surface area contributed by atoms with Gasteiger partial charge in [-0.15, -0.1) is 0 Å². The Balaban J connectivity index is 1.72. The third-order valence-corrected chi connectivity index (χ3v) is 4.58. The lowest BCUT2D eigenvalue weighted by Gasteiger charge is -2.16. The fraction of sp³-hybridized carbons (Fsp3) is 0.353. The van der Waals surface area contributed by atoms with E-state index in [4.69, 9.17) is 9.26 Å². The number of carbonyl (C=O) groups is 2. The van der Waals surface area contributed by atoms with Crippen LogP contribution in [0.5, 0.6) is 0 Å². The first kappa shape index (κ1) is 15.6. The van der Waals surface area contributed by atoms with E-state index in [-0.39, 0.29) is 6.54 Å². The van der Waals surface area contributed by atoms with E-state index in [1.54, 1.807) is 12.3 Å². The number of amides is 2. The zero-order valence-corrected chi connectivity index (χ0v) is 13.5. The number of cyclic esters (lactones) is 1. The van der Waals surface area contributed by atoms with Crippen molar-refractivity contribution >= 4 is 17.7 Å². The molecule has 7 nitrogen and oxygen atoms in total. The summed E-state index contributed by atoms with van der Waals surface area (Å²) in [6.45, 7) is 0.0459. The third kappa shape index (κ3) is 2.54. The number of ether oxygens (including phenoxy) is 1. The summed E-state index contributed by atoms with van der Waals surface area (Å²) in [5.74, 6) is -0.426. The van der Waals surface area contributed by atoms with Crippen molar-refractivity contribution in [3.8, 4) is 11.3 Å². The molecule has 2 aliphatic rings. The molecule has 1 saturated heterocycles. The highest BCUT2D eigenvalue weighted by Gasteiger charge is 2.37. The van der Waals surface area contributed by atoms with E-state index in [9.17, 15) is 14.0 Å². The Bertz CT molecular complexity index is 864. The highest BCUT2D eigenvalue weighted by Crippen LogP contribution is 2.37. The van der Waals surface area contributed by atoms with Crippen LogP contribution in [0.1, 0.15) is 17.5 Å². The fourth-order valence-electron chi connectivity index (χ4n) is 3.34. The molecule has 2 amide bonds. The normalized spacial score (nSPS) is 19.0. The highest BCUT2D eigenvalue weighted by atomic mass is 19.1. The van der Waals surface area contributed by atoms with Crippen molar-refractivity contribution in [2.24, 2.45) is 0 Å². The van der Waals surface area contributed by atoms with Crippen LogP contribution in [0.2, 0.25) is 0 Å².